The molecule has 2 aliphatic rings. The average Bonchev–Trinajstić information content (AvgIpc) is 3.06. The Labute approximate surface area is 183 Å². The minimum absolute atomic E-state index is 0.125. The van der Waals surface area contributed by atoms with Crippen molar-refractivity contribution in [1.82, 2.24) is 10.2 Å². The lowest BCUT2D eigenvalue weighted by Gasteiger charge is -2.19. The molecule has 31 heavy (non-hydrogen) atoms. The summed E-state index contributed by atoms with van der Waals surface area (Å²) in [7, 11) is 0. The molecule has 5 nitrogen and oxygen atoms in total. The van der Waals surface area contributed by atoms with Gasteiger partial charge >= 0.3 is 0 Å². The van der Waals surface area contributed by atoms with Gasteiger partial charge in [0.1, 0.15) is 0 Å². The van der Waals surface area contributed by atoms with Gasteiger partial charge in [0.05, 0.1) is 11.8 Å². The van der Waals surface area contributed by atoms with E-state index in [4.69, 9.17) is 0 Å². The highest BCUT2D eigenvalue weighted by atomic mass is 16.2. The molecule has 4 rings (SSSR count). The molecule has 1 N–H and O–H groups in total. The first kappa shape index (κ1) is 21.0. The molecule has 2 aromatic rings. The van der Waals surface area contributed by atoms with E-state index in [2.05, 4.69) is 29.6 Å². The molecule has 0 spiro atoms. The van der Waals surface area contributed by atoms with E-state index in [9.17, 15) is 14.4 Å². The fourth-order valence-corrected chi connectivity index (χ4v) is 4.64. The molecule has 0 aromatic heterocycles. The van der Waals surface area contributed by atoms with Crippen LogP contribution in [-0.2, 0) is 14.4 Å². The molecule has 2 aromatic carbocycles. The second-order valence-electron chi connectivity index (χ2n) is 8.25. The zero-order valence-electron chi connectivity index (χ0n) is 17.6. The maximum absolute atomic E-state index is 12.5. The van der Waals surface area contributed by atoms with Crippen molar-refractivity contribution in [3.63, 3.8) is 0 Å². The van der Waals surface area contributed by atoms with Gasteiger partial charge in [0.15, 0.2) is 0 Å². The van der Waals surface area contributed by atoms with Crippen LogP contribution in [0.5, 0.6) is 0 Å². The normalized spacial score (nSPS) is 20.2. The summed E-state index contributed by atoms with van der Waals surface area (Å²) in [6.07, 6.45) is 6.11. The Balaban J connectivity index is 1.29. The predicted molar refractivity (Wildman–Crippen MR) is 119 cm³/mol. The first-order chi connectivity index (χ1) is 15.1. The third-order valence-corrected chi connectivity index (χ3v) is 6.32. The van der Waals surface area contributed by atoms with Crippen LogP contribution in [0.2, 0.25) is 0 Å². The lowest BCUT2D eigenvalue weighted by atomic mass is 9.85. The van der Waals surface area contributed by atoms with E-state index in [1.54, 1.807) is 0 Å². The van der Waals surface area contributed by atoms with Crippen LogP contribution >= 0.6 is 0 Å². The molecule has 0 unspecified atom stereocenters. The third-order valence-electron chi connectivity index (χ3n) is 6.32. The Morgan fingerprint density at radius 3 is 1.90 bits per heavy atom. The molecule has 160 valence electrons. The van der Waals surface area contributed by atoms with Crippen LogP contribution in [0.3, 0.4) is 0 Å². The van der Waals surface area contributed by atoms with Crippen molar-refractivity contribution in [3.8, 4) is 0 Å². The van der Waals surface area contributed by atoms with Gasteiger partial charge in [0.2, 0.25) is 17.7 Å². The zero-order chi connectivity index (χ0) is 21.6. The molecule has 1 saturated heterocycles. The first-order valence-electron chi connectivity index (χ1n) is 11.0. The summed E-state index contributed by atoms with van der Waals surface area (Å²) in [6.45, 7) is 0.696. The number of amides is 3. The van der Waals surface area contributed by atoms with Gasteiger partial charge in [0, 0.05) is 25.4 Å². The van der Waals surface area contributed by atoms with Gasteiger partial charge in [-0.25, -0.2) is 0 Å². The zero-order valence-corrected chi connectivity index (χ0v) is 17.6. The third kappa shape index (κ3) is 4.76. The number of hydrogen-bond acceptors (Lipinski definition) is 3. The Hall–Kier alpha value is -3.21. The Bertz CT molecular complexity index is 890. The number of nitrogens with one attached hydrogen (secondary N) is 1. The Kier molecular flexibility index (Phi) is 6.60. The summed E-state index contributed by atoms with van der Waals surface area (Å²) in [5.41, 5.74) is 2.43. The monoisotopic (exact) mass is 416 g/mol. The van der Waals surface area contributed by atoms with Crippen LogP contribution < -0.4 is 5.32 Å². The van der Waals surface area contributed by atoms with Crippen molar-refractivity contribution in [2.45, 2.75) is 31.6 Å². The minimum atomic E-state index is -0.238. The number of rotatable bonds is 8. The molecule has 3 amide bonds. The number of carbonyl (C=O) groups is 3. The molecule has 0 radical (unpaired) electrons. The summed E-state index contributed by atoms with van der Waals surface area (Å²) < 4.78 is 0. The SMILES string of the molecule is O=C(CCN1C(=O)[C@H]2CC=CC[C@@H]2C1=O)NCCC(c1ccccc1)c1ccccc1. The quantitative estimate of drug-likeness (QED) is 0.527. The van der Waals surface area contributed by atoms with Crippen molar-refractivity contribution in [1.29, 1.82) is 0 Å². The van der Waals surface area contributed by atoms with Gasteiger partial charge in [-0.3, -0.25) is 19.3 Å². The first-order valence-corrected chi connectivity index (χ1v) is 11.0. The molecular formula is C26H28N2O3. The Morgan fingerprint density at radius 1 is 0.871 bits per heavy atom. The van der Waals surface area contributed by atoms with E-state index in [0.717, 1.165) is 6.42 Å². The number of nitrogens with zero attached hydrogens (tertiary/aromatic N) is 1. The molecule has 0 saturated carbocycles. The van der Waals surface area contributed by atoms with Crippen molar-refractivity contribution in [2.24, 2.45) is 11.8 Å². The van der Waals surface area contributed by atoms with Crippen molar-refractivity contribution in [2.75, 3.05) is 13.1 Å². The number of carbonyl (C=O) groups excluding carboxylic acids is 3. The summed E-state index contributed by atoms with van der Waals surface area (Å²) in [5, 5.41) is 2.97. The van der Waals surface area contributed by atoms with Crippen LogP contribution in [0.15, 0.2) is 72.8 Å². The average molecular weight is 417 g/mol. The topological polar surface area (TPSA) is 66.5 Å². The molecule has 5 heteroatoms. The van der Waals surface area contributed by atoms with Gasteiger partial charge in [-0.15, -0.1) is 0 Å². The number of imide groups is 1. The van der Waals surface area contributed by atoms with Crippen LogP contribution in [0.25, 0.3) is 0 Å². The summed E-state index contributed by atoms with van der Waals surface area (Å²) >= 11 is 0. The highest BCUT2D eigenvalue weighted by molar-refractivity contribution is 6.05. The van der Waals surface area contributed by atoms with E-state index in [1.807, 2.05) is 48.6 Å². The van der Waals surface area contributed by atoms with Crippen LogP contribution in [0, 0.1) is 11.8 Å². The molecule has 1 aliphatic heterocycles. The van der Waals surface area contributed by atoms with Gasteiger partial charge < -0.3 is 5.32 Å². The van der Waals surface area contributed by atoms with Crippen LogP contribution in [-0.4, -0.2) is 35.7 Å². The fraction of sp³-hybridized carbons (Fsp3) is 0.346. The van der Waals surface area contributed by atoms with Crippen molar-refractivity contribution in [3.05, 3.63) is 83.9 Å². The highest BCUT2D eigenvalue weighted by Crippen LogP contribution is 2.35. The van der Waals surface area contributed by atoms with E-state index in [-0.39, 0.29) is 48.4 Å². The maximum atomic E-state index is 12.5. The number of fused-ring (bicyclic) bond motifs is 1. The number of hydrogen-bond donors (Lipinski definition) is 1. The highest BCUT2D eigenvalue weighted by Gasteiger charge is 2.46. The molecule has 1 heterocycles. The summed E-state index contributed by atoms with van der Waals surface area (Å²) in [5.74, 6) is -0.662. The molecule has 2 atom stereocenters. The van der Waals surface area contributed by atoms with Crippen LogP contribution in [0.4, 0.5) is 0 Å². The lowest BCUT2D eigenvalue weighted by molar-refractivity contribution is -0.140. The summed E-state index contributed by atoms with van der Waals surface area (Å²) in [6, 6.07) is 20.6. The van der Waals surface area contributed by atoms with Crippen molar-refractivity contribution < 1.29 is 14.4 Å². The standard InChI is InChI=1S/C26H28N2O3/c29-24(16-18-28-25(30)22-13-7-8-14-23(22)26(28)31)27-17-15-21(19-9-3-1-4-10-19)20-11-5-2-6-12-20/h1-12,21-23H,13-18H2,(H,27,29)/t22-,23-/m0/s1. The largest absolute Gasteiger partial charge is 0.356 e. The van der Waals surface area contributed by atoms with E-state index < -0.39 is 0 Å². The van der Waals surface area contributed by atoms with E-state index in [1.165, 1.54) is 16.0 Å². The van der Waals surface area contributed by atoms with Gasteiger partial charge in [-0.2, -0.15) is 0 Å². The summed E-state index contributed by atoms with van der Waals surface area (Å²) in [4.78, 5) is 38.7. The number of benzene rings is 2. The number of allylic oxidation sites excluding steroid dienone is 2. The smallest absolute Gasteiger partial charge is 0.233 e. The van der Waals surface area contributed by atoms with E-state index in [0.29, 0.717) is 19.4 Å². The maximum Gasteiger partial charge on any atom is 0.233 e. The molecule has 0 bridgehead atoms. The Morgan fingerprint density at radius 2 is 1.39 bits per heavy atom. The second-order valence-corrected chi connectivity index (χ2v) is 8.25. The van der Waals surface area contributed by atoms with Gasteiger partial charge in [-0.05, 0) is 30.4 Å². The molecule has 1 fully saturated rings. The fourth-order valence-electron chi connectivity index (χ4n) is 4.64. The minimum Gasteiger partial charge on any atom is -0.356 e. The number of likely N-dealkylation sites (tertiary alicyclic amines) is 1. The molecular weight excluding hydrogens is 388 g/mol. The van der Waals surface area contributed by atoms with E-state index >= 15 is 0 Å². The second kappa shape index (κ2) is 9.73. The van der Waals surface area contributed by atoms with Gasteiger partial charge in [-0.1, -0.05) is 72.8 Å². The van der Waals surface area contributed by atoms with Crippen molar-refractivity contribution >= 4 is 17.7 Å². The predicted octanol–water partition coefficient (Wildman–Crippen LogP) is 3.67. The lowest BCUT2D eigenvalue weighted by Crippen LogP contribution is -2.35. The van der Waals surface area contributed by atoms with Crippen LogP contribution in [0.1, 0.15) is 42.7 Å². The molecule has 1 aliphatic carbocycles. The van der Waals surface area contributed by atoms with Gasteiger partial charge in [0.25, 0.3) is 0 Å².